The fourth-order valence-electron chi connectivity index (χ4n) is 2.02. The summed E-state index contributed by atoms with van der Waals surface area (Å²) in [6, 6.07) is 5.58. The van der Waals surface area contributed by atoms with Crippen LogP contribution in [0.1, 0.15) is 18.4 Å². The SMILES string of the molecule is O=[N+]([O-])c1cc(Br)ccc1CN(CCO)C1CC1. The molecule has 0 saturated heterocycles. The van der Waals surface area contributed by atoms with Crippen LogP contribution >= 0.6 is 15.9 Å². The van der Waals surface area contributed by atoms with Gasteiger partial charge in [-0.2, -0.15) is 0 Å². The van der Waals surface area contributed by atoms with Crippen LogP contribution in [0.3, 0.4) is 0 Å². The van der Waals surface area contributed by atoms with Crippen LogP contribution in [0.2, 0.25) is 0 Å². The van der Waals surface area contributed by atoms with E-state index < -0.39 is 0 Å². The van der Waals surface area contributed by atoms with Gasteiger partial charge in [-0.3, -0.25) is 15.0 Å². The molecule has 0 atom stereocenters. The normalized spacial score (nSPS) is 15.1. The summed E-state index contributed by atoms with van der Waals surface area (Å²) < 4.78 is 0.707. The molecular formula is C12H15BrN2O3. The lowest BCUT2D eigenvalue weighted by Crippen LogP contribution is -2.28. The molecule has 18 heavy (non-hydrogen) atoms. The van der Waals surface area contributed by atoms with Crippen molar-refractivity contribution in [3.8, 4) is 0 Å². The van der Waals surface area contributed by atoms with Gasteiger partial charge in [0.1, 0.15) is 0 Å². The lowest BCUT2D eigenvalue weighted by atomic mass is 10.1. The standard InChI is InChI=1S/C12H15BrN2O3/c13-10-2-1-9(12(7-10)15(17)18)8-14(5-6-16)11-3-4-11/h1-2,7,11,16H,3-6,8H2. The van der Waals surface area contributed by atoms with E-state index in [4.69, 9.17) is 5.11 Å². The number of aliphatic hydroxyl groups is 1. The monoisotopic (exact) mass is 314 g/mol. The second-order valence-corrected chi connectivity index (χ2v) is 5.37. The highest BCUT2D eigenvalue weighted by Crippen LogP contribution is 2.31. The van der Waals surface area contributed by atoms with Gasteiger partial charge in [0.2, 0.25) is 0 Å². The van der Waals surface area contributed by atoms with Gasteiger partial charge in [0.25, 0.3) is 5.69 Å². The van der Waals surface area contributed by atoms with E-state index in [1.54, 1.807) is 6.07 Å². The Hall–Kier alpha value is -0.980. The first-order chi connectivity index (χ1) is 8.61. The second kappa shape index (κ2) is 5.77. The maximum Gasteiger partial charge on any atom is 0.275 e. The fourth-order valence-corrected chi connectivity index (χ4v) is 2.37. The number of rotatable bonds is 6. The van der Waals surface area contributed by atoms with Crippen LogP contribution in [-0.2, 0) is 6.54 Å². The molecule has 1 aromatic carbocycles. The topological polar surface area (TPSA) is 66.6 Å². The summed E-state index contributed by atoms with van der Waals surface area (Å²) in [6.45, 7) is 1.17. The van der Waals surface area contributed by atoms with Gasteiger partial charge in [0.05, 0.1) is 11.5 Å². The molecule has 1 aromatic rings. The van der Waals surface area contributed by atoms with Crippen molar-refractivity contribution in [3.63, 3.8) is 0 Å². The maximum atomic E-state index is 11.0. The van der Waals surface area contributed by atoms with E-state index in [1.165, 1.54) is 6.07 Å². The second-order valence-electron chi connectivity index (χ2n) is 4.46. The van der Waals surface area contributed by atoms with Gasteiger partial charge in [-0.05, 0) is 25.0 Å². The van der Waals surface area contributed by atoms with E-state index in [0.29, 0.717) is 29.2 Å². The zero-order valence-electron chi connectivity index (χ0n) is 9.88. The van der Waals surface area contributed by atoms with Crippen molar-refractivity contribution in [2.45, 2.75) is 25.4 Å². The van der Waals surface area contributed by atoms with Crippen molar-refractivity contribution in [3.05, 3.63) is 38.3 Å². The number of nitro groups is 1. The first-order valence-corrected chi connectivity index (χ1v) is 6.69. The zero-order chi connectivity index (χ0) is 13.1. The minimum atomic E-state index is -0.357. The Morgan fingerprint density at radius 1 is 1.50 bits per heavy atom. The van der Waals surface area contributed by atoms with Crippen LogP contribution in [-0.4, -0.2) is 34.1 Å². The number of hydrogen-bond acceptors (Lipinski definition) is 4. The number of nitrogens with zero attached hydrogens (tertiary/aromatic N) is 2. The highest BCUT2D eigenvalue weighted by molar-refractivity contribution is 9.10. The molecule has 0 bridgehead atoms. The van der Waals surface area contributed by atoms with Crippen molar-refractivity contribution in [2.24, 2.45) is 0 Å². The van der Waals surface area contributed by atoms with E-state index in [2.05, 4.69) is 20.8 Å². The molecule has 0 amide bonds. The third kappa shape index (κ3) is 3.28. The molecule has 1 aliphatic carbocycles. The first-order valence-electron chi connectivity index (χ1n) is 5.89. The minimum absolute atomic E-state index is 0.0842. The zero-order valence-corrected chi connectivity index (χ0v) is 11.5. The number of nitro benzene ring substituents is 1. The molecule has 0 aromatic heterocycles. The molecule has 0 heterocycles. The molecule has 0 spiro atoms. The van der Waals surface area contributed by atoms with Gasteiger partial charge in [-0.1, -0.05) is 15.9 Å². The number of halogens is 1. The van der Waals surface area contributed by atoms with Crippen LogP contribution in [0.4, 0.5) is 5.69 Å². The number of hydrogen-bond donors (Lipinski definition) is 1. The van der Waals surface area contributed by atoms with E-state index in [1.807, 2.05) is 6.07 Å². The van der Waals surface area contributed by atoms with Gasteiger partial charge in [0.15, 0.2) is 0 Å². The maximum absolute atomic E-state index is 11.0. The average molecular weight is 315 g/mol. The van der Waals surface area contributed by atoms with E-state index >= 15 is 0 Å². The molecule has 0 aliphatic heterocycles. The third-order valence-corrected chi connectivity index (χ3v) is 3.56. The summed E-state index contributed by atoms with van der Waals surface area (Å²) in [5, 5.41) is 20.0. The summed E-state index contributed by atoms with van der Waals surface area (Å²) in [6.07, 6.45) is 2.23. The quantitative estimate of drug-likeness (QED) is 0.646. The largest absolute Gasteiger partial charge is 0.395 e. The van der Waals surface area contributed by atoms with Gasteiger partial charge in [-0.25, -0.2) is 0 Å². The van der Waals surface area contributed by atoms with E-state index in [0.717, 1.165) is 12.8 Å². The summed E-state index contributed by atoms with van der Waals surface area (Å²) in [5.74, 6) is 0. The Bertz CT molecular complexity index is 449. The van der Waals surface area contributed by atoms with Crippen LogP contribution in [0.25, 0.3) is 0 Å². The van der Waals surface area contributed by atoms with Crippen molar-refractivity contribution in [1.82, 2.24) is 4.90 Å². The molecule has 98 valence electrons. The van der Waals surface area contributed by atoms with Gasteiger partial charge >= 0.3 is 0 Å². The van der Waals surface area contributed by atoms with Gasteiger partial charge < -0.3 is 5.11 Å². The molecular weight excluding hydrogens is 300 g/mol. The molecule has 5 nitrogen and oxygen atoms in total. The highest BCUT2D eigenvalue weighted by atomic mass is 79.9. The smallest absolute Gasteiger partial charge is 0.275 e. The number of aliphatic hydroxyl groups excluding tert-OH is 1. The van der Waals surface area contributed by atoms with Crippen molar-refractivity contribution in [1.29, 1.82) is 0 Å². The Morgan fingerprint density at radius 2 is 2.22 bits per heavy atom. The Kier molecular flexibility index (Phi) is 4.31. The lowest BCUT2D eigenvalue weighted by molar-refractivity contribution is -0.385. The van der Waals surface area contributed by atoms with Crippen LogP contribution in [0.5, 0.6) is 0 Å². The third-order valence-electron chi connectivity index (χ3n) is 3.07. The molecule has 1 fully saturated rings. The fraction of sp³-hybridized carbons (Fsp3) is 0.500. The van der Waals surface area contributed by atoms with Crippen LogP contribution < -0.4 is 0 Å². The highest BCUT2D eigenvalue weighted by Gasteiger charge is 2.30. The van der Waals surface area contributed by atoms with Gasteiger partial charge in [0, 0.05) is 35.2 Å². The van der Waals surface area contributed by atoms with Crippen LogP contribution in [0.15, 0.2) is 22.7 Å². The minimum Gasteiger partial charge on any atom is -0.395 e. The molecule has 1 saturated carbocycles. The molecule has 2 rings (SSSR count). The van der Waals surface area contributed by atoms with Crippen molar-refractivity contribution < 1.29 is 10.0 Å². The van der Waals surface area contributed by atoms with Gasteiger partial charge in [-0.15, -0.1) is 0 Å². The average Bonchev–Trinajstić information content (AvgIpc) is 3.14. The first kappa shape index (κ1) is 13.5. The molecule has 0 radical (unpaired) electrons. The molecule has 0 unspecified atom stereocenters. The predicted octanol–water partition coefficient (Wildman–Crippen LogP) is 2.31. The van der Waals surface area contributed by atoms with Crippen molar-refractivity contribution in [2.75, 3.05) is 13.2 Å². The summed E-state index contributed by atoms with van der Waals surface area (Å²) in [7, 11) is 0. The molecule has 1 N–H and O–H groups in total. The summed E-state index contributed by atoms with van der Waals surface area (Å²) >= 11 is 3.24. The predicted molar refractivity (Wildman–Crippen MR) is 71.3 cm³/mol. The lowest BCUT2D eigenvalue weighted by Gasteiger charge is -2.20. The van der Waals surface area contributed by atoms with Crippen molar-refractivity contribution >= 4 is 21.6 Å². The number of benzene rings is 1. The Balaban J connectivity index is 2.18. The summed E-state index contributed by atoms with van der Waals surface area (Å²) in [4.78, 5) is 12.8. The Morgan fingerprint density at radius 3 is 2.78 bits per heavy atom. The summed E-state index contributed by atoms with van der Waals surface area (Å²) in [5.41, 5.74) is 0.830. The van der Waals surface area contributed by atoms with E-state index in [-0.39, 0.29) is 17.2 Å². The molecule has 1 aliphatic rings. The van der Waals surface area contributed by atoms with E-state index in [9.17, 15) is 10.1 Å². The Labute approximate surface area is 114 Å². The van der Waals surface area contributed by atoms with Crippen LogP contribution in [0, 0.1) is 10.1 Å². The molecule has 6 heteroatoms.